The zero-order chi connectivity index (χ0) is 10.4. The molecule has 0 saturated carbocycles. The average Bonchev–Trinajstić information content (AvgIpc) is 2.26. The van der Waals surface area contributed by atoms with E-state index in [0.717, 1.165) is 0 Å². The lowest BCUT2D eigenvalue weighted by atomic mass is 10.2. The predicted molar refractivity (Wildman–Crippen MR) is 53.7 cm³/mol. The molecule has 4 nitrogen and oxygen atoms in total. The Labute approximate surface area is 82.2 Å². The highest BCUT2D eigenvalue weighted by molar-refractivity contribution is 5.68. The summed E-state index contributed by atoms with van der Waals surface area (Å²) in [6.45, 7) is -0.484. The summed E-state index contributed by atoms with van der Waals surface area (Å²) in [4.78, 5) is 3.93. The summed E-state index contributed by atoms with van der Waals surface area (Å²) < 4.78 is 0. The van der Waals surface area contributed by atoms with E-state index in [2.05, 4.69) is 4.99 Å². The Morgan fingerprint density at radius 1 is 1.21 bits per heavy atom. The maximum atomic E-state index is 9.22. The van der Waals surface area contributed by atoms with Gasteiger partial charge in [-0.05, 0) is 12.1 Å². The van der Waals surface area contributed by atoms with Crippen molar-refractivity contribution in [2.75, 3.05) is 6.61 Å². The molecule has 0 unspecified atom stereocenters. The van der Waals surface area contributed by atoms with Gasteiger partial charge in [-0.25, -0.2) is 0 Å². The van der Waals surface area contributed by atoms with Crippen LogP contribution < -0.4 is 0 Å². The van der Waals surface area contributed by atoms with Crippen LogP contribution in [0.3, 0.4) is 0 Å². The number of rotatable bonds is 4. The second kappa shape index (κ2) is 5.49. The first-order valence-electron chi connectivity index (χ1n) is 4.30. The molecule has 0 radical (unpaired) electrons. The normalized spacial score (nSPS) is 15.6. The van der Waals surface area contributed by atoms with Gasteiger partial charge in [-0.1, -0.05) is 18.2 Å². The molecule has 0 aliphatic rings. The fourth-order valence-electron chi connectivity index (χ4n) is 0.884. The van der Waals surface area contributed by atoms with Gasteiger partial charge in [0.15, 0.2) is 0 Å². The summed E-state index contributed by atoms with van der Waals surface area (Å²) in [7, 11) is 0. The third kappa shape index (κ3) is 3.26. The summed E-state index contributed by atoms with van der Waals surface area (Å²) >= 11 is 0. The Balaban J connectivity index is 2.56. The first kappa shape index (κ1) is 10.8. The molecular formula is C10H13NO3. The predicted octanol–water partition coefficient (Wildman–Crippen LogP) is 0.103. The molecule has 76 valence electrons. The van der Waals surface area contributed by atoms with Crippen LogP contribution in [0.25, 0.3) is 0 Å². The molecule has 2 atom stereocenters. The van der Waals surface area contributed by atoms with Crippen LogP contribution in [-0.2, 0) is 0 Å². The molecular weight excluding hydrogens is 182 g/mol. The number of aliphatic hydroxyl groups excluding tert-OH is 3. The van der Waals surface area contributed by atoms with Crippen molar-refractivity contribution in [3.8, 4) is 0 Å². The van der Waals surface area contributed by atoms with Crippen molar-refractivity contribution < 1.29 is 15.3 Å². The Kier molecular flexibility index (Phi) is 4.25. The maximum Gasteiger partial charge on any atom is 0.117 e. The summed E-state index contributed by atoms with van der Waals surface area (Å²) in [5.74, 6) is 0. The van der Waals surface area contributed by atoms with Gasteiger partial charge in [-0.3, -0.25) is 4.99 Å². The molecule has 0 saturated heterocycles. The number of hydrogen-bond donors (Lipinski definition) is 3. The number of nitrogens with zero attached hydrogens (tertiary/aromatic N) is 1. The van der Waals surface area contributed by atoms with Crippen LogP contribution in [0, 0.1) is 0 Å². The van der Waals surface area contributed by atoms with Crippen LogP contribution in [-0.4, -0.2) is 40.3 Å². The summed E-state index contributed by atoms with van der Waals surface area (Å²) in [6.07, 6.45) is -1.11. The second-order valence-corrected chi connectivity index (χ2v) is 2.85. The van der Waals surface area contributed by atoms with Gasteiger partial charge in [-0.2, -0.15) is 0 Å². The minimum absolute atomic E-state index is 0.484. The quantitative estimate of drug-likeness (QED) is 0.597. The molecule has 1 rings (SSSR count). The molecule has 1 aromatic carbocycles. The molecule has 0 fully saturated rings. The molecule has 0 bridgehead atoms. The lowest BCUT2D eigenvalue weighted by Crippen LogP contribution is -2.30. The highest BCUT2D eigenvalue weighted by atomic mass is 16.4. The van der Waals surface area contributed by atoms with Crippen molar-refractivity contribution in [3.05, 3.63) is 30.3 Å². The Hall–Kier alpha value is -1.23. The van der Waals surface area contributed by atoms with Crippen LogP contribution in [0.1, 0.15) is 0 Å². The lowest BCUT2D eigenvalue weighted by Gasteiger charge is -2.09. The molecule has 0 aliphatic heterocycles. The zero-order valence-electron chi connectivity index (χ0n) is 7.61. The van der Waals surface area contributed by atoms with E-state index in [4.69, 9.17) is 10.2 Å². The maximum absolute atomic E-state index is 9.22. The summed E-state index contributed by atoms with van der Waals surface area (Å²) in [5.41, 5.74) is 0.691. The summed E-state index contributed by atoms with van der Waals surface area (Å²) in [6, 6.07) is 9.05. The first-order valence-corrected chi connectivity index (χ1v) is 4.30. The Morgan fingerprint density at radius 2 is 1.86 bits per heavy atom. The van der Waals surface area contributed by atoms with E-state index in [1.54, 1.807) is 12.1 Å². The Morgan fingerprint density at radius 3 is 2.43 bits per heavy atom. The van der Waals surface area contributed by atoms with Gasteiger partial charge in [-0.15, -0.1) is 0 Å². The standard InChI is InChI=1S/C10H13NO3/c12-7-10(14)9(13)6-11-8-4-2-1-3-5-8/h1-6,9-10,12-14H,7H2/t9-,10+/m0/s1. The topological polar surface area (TPSA) is 73.0 Å². The molecule has 1 aromatic rings. The molecule has 0 aliphatic carbocycles. The Bertz CT molecular complexity index is 287. The van der Waals surface area contributed by atoms with Crippen LogP contribution in [0.5, 0.6) is 0 Å². The van der Waals surface area contributed by atoms with Crippen LogP contribution in [0.15, 0.2) is 35.3 Å². The number of benzene rings is 1. The monoisotopic (exact) mass is 195 g/mol. The van der Waals surface area contributed by atoms with Crippen molar-refractivity contribution in [1.29, 1.82) is 0 Å². The number of aliphatic imine (C=N–C) groups is 1. The first-order chi connectivity index (χ1) is 6.74. The van der Waals surface area contributed by atoms with Crippen molar-refractivity contribution in [3.63, 3.8) is 0 Å². The highest BCUT2D eigenvalue weighted by Gasteiger charge is 2.11. The number of hydrogen-bond acceptors (Lipinski definition) is 4. The van der Waals surface area contributed by atoms with Gasteiger partial charge < -0.3 is 15.3 Å². The van der Waals surface area contributed by atoms with E-state index in [0.29, 0.717) is 5.69 Å². The third-order valence-corrected chi connectivity index (χ3v) is 1.71. The van der Waals surface area contributed by atoms with Crippen molar-refractivity contribution in [2.45, 2.75) is 12.2 Å². The number of para-hydroxylation sites is 1. The van der Waals surface area contributed by atoms with Crippen molar-refractivity contribution >= 4 is 11.9 Å². The van der Waals surface area contributed by atoms with E-state index in [9.17, 15) is 5.11 Å². The van der Waals surface area contributed by atoms with Crippen LogP contribution in [0.2, 0.25) is 0 Å². The van der Waals surface area contributed by atoms with E-state index in [1.807, 2.05) is 18.2 Å². The molecule has 0 heterocycles. The van der Waals surface area contributed by atoms with Crippen LogP contribution in [0.4, 0.5) is 5.69 Å². The molecule has 0 amide bonds. The van der Waals surface area contributed by atoms with Crippen molar-refractivity contribution in [1.82, 2.24) is 0 Å². The van der Waals surface area contributed by atoms with Gasteiger partial charge >= 0.3 is 0 Å². The molecule has 0 spiro atoms. The third-order valence-electron chi connectivity index (χ3n) is 1.71. The average molecular weight is 195 g/mol. The minimum atomic E-state index is -1.18. The lowest BCUT2D eigenvalue weighted by molar-refractivity contribution is 0.0205. The highest BCUT2D eigenvalue weighted by Crippen LogP contribution is 2.08. The van der Waals surface area contributed by atoms with E-state index >= 15 is 0 Å². The van der Waals surface area contributed by atoms with Gasteiger partial charge in [0.1, 0.15) is 12.2 Å². The minimum Gasteiger partial charge on any atom is -0.394 e. The van der Waals surface area contributed by atoms with E-state index < -0.39 is 18.8 Å². The van der Waals surface area contributed by atoms with E-state index in [-0.39, 0.29) is 0 Å². The second-order valence-electron chi connectivity index (χ2n) is 2.85. The summed E-state index contributed by atoms with van der Waals surface area (Å²) in [5, 5.41) is 26.8. The fourth-order valence-corrected chi connectivity index (χ4v) is 0.884. The van der Waals surface area contributed by atoms with E-state index in [1.165, 1.54) is 6.21 Å². The van der Waals surface area contributed by atoms with Gasteiger partial charge in [0.2, 0.25) is 0 Å². The molecule has 4 heteroatoms. The van der Waals surface area contributed by atoms with Crippen LogP contribution >= 0.6 is 0 Å². The molecule has 14 heavy (non-hydrogen) atoms. The largest absolute Gasteiger partial charge is 0.394 e. The van der Waals surface area contributed by atoms with Gasteiger partial charge in [0, 0.05) is 6.21 Å². The smallest absolute Gasteiger partial charge is 0.117 e. The fraction of sp³-hybridized carbons (Fsp3) is 0.300. The van der Waals surface area contributed by atoms with Gasteiger partial charge in [0.25, 0.3) is 0 Å². The SMILES string of the molecule is OC[C@@H](O)[C@@H](O)C=Nc1ccccc1. The molecule has 3 N–H and O–H groups in total. The van der Waals surface area contributed by atoms with Crippen molar-refractivity contribution in [2.24, 2.45) is 4.99 Å². The molecule has 0 aromatic heterocycles. The number of aliphatic hydroxyl groups is 3. The zero-order valence-corrected chi connectivity index (χ0v) is 7.61. The van der Waals surface area contributed by atoms with Gasteiger partial charge in [0.05, 0.1) is 12.3 Å².